The maximum atomic E-state index is 14.7. The van der Waals surface area contributed by atoms with Gasteiger partial charge in [0.1, 0.15) is 28.7 Å². The van der Waals surface area contributed by atoms with Crippen LogP contribution in [0.2, 0.25) is 5.02 Å². The van der Waals surface area contributed by atoms with Gasteiger partial charge in [0.2, 0.25) is 0 Å². The first-order valence-electron chi connectivity index (χ1n) is 9.04. The van der Waals surface area contributed by atoms with E-state index < -0.39 is 17.7 Å². The molecule has 0 atom stereocenters. The molecule has 4 aromatic rings. The van der Waals surface area contributed by atoms with E-state index >= 15 is 0 Å². The van der Waals surface area contributed by atoms with Gasteiger partial charge in [0.15, 0.2) is 0 Å². The van der Waals surface area contributed by atoms with Crippen LogP contribution in [0.3, 0.4) is 0 Å². The standard InChI is InChI=1S/C22H16ClF4N3/c1-12-9-10-16(24)14(11-12)20-21(29-19-13(2)5-3-6-15(19)23)30-17(22(25,26)27)7-4-8-18(30)28-20/h3-11,29H,1-2H3. The van der Waals surface area contributed by atoms with E-state index in [1.54, 1.807) is 44.2 Å². The number of fused-ring (bicyclic) bond motifs is 1. The lowest BCUT2D eigenvalue weighted by Crippen LogP contribution is -2.13. The number of alkyl halides is 3. The fourth-order valence-corrected chi connectivity index (χ4v) is 3.62. The van der Waals surface area contributed by atoms with E-state index in [2.05, 4.69) is 10.3 Å². The van der Waals surface area contributed by atoms with Gasteiger partial charge in [-0.3, -0.25) is 4.40 Å². The van der Waals surface area contributed by atoms with Crippen molar-refractivity contribution in [2.24, 2.45) is 0 Å². The molecule has 2 aromatic carbocycles. The van der Waals surface area contributed by atoms with Crippen molar-refractivity contribution in [3.63, 3.8) is 0 Å². The van der Waals surface area contributed by atoms with E-state index in [9.17, 15) is 17.6 Å². The molecule has 0 radical (unpaired) electrons. The van der Waals surface area contributed by atoms with Crippen LogP contribution in [0.25, 0.3) is 16.9 Å². The van der Waals surface area contributed by atoms with Crippen molar-refractivity contribution in [1.82, 2.24) is 9.38 Å². The average molecular weight is 434 g/mol. The predicted octanol–water partition coefficient (Wildman–Crippen LogP) is 7.17. The number of nitrogens with one attached hydrogen (secondary N) is 1. The monoisotopic (exact) mass is 433 g/mol. The van der Waals surface area contributed by atoms with Crippen LogP contribution in [-0.2, 0) is 6.18 Å². The molecule has 0 aliphatic heterocycles. The summed E-state index contributed by atoms with van der Waals surface area (Å²) in [5.74, 6) is -0.602. The molecular weight excluding hydrogens is 418 g/mol. The number of imidazole rings is 1. The highest BCUT2D eigenvalue weighted by Crippen LogP contribution is 2.39. The van der Waals surface area contributed by atoms with E-state index in [1.165, 1.54) is 18.2 Å². The number of rotatable bonds is 3. The first-order valence-corrected chi connectivity index (χ1v) is 9.42. The Hall–Kier alpha value is -3.06. The van der Waals surface area contributed by atoms with Gasteiger partial charge in [-0.15, -0.1) is 0 Å². The zero-order valence-electron chi connectivity index (χ0n) is 16.0. The summed E-state index contributed by atoms with van der Waals surface area (Å²) in [6.07, 6.45) is -4.64. The molecule has 3 nitrogen and oxygen atoms in total. The van der Waals surface area contributed by atoms with Crippen molar-refractivity contribution in [3.8, 4) is 11.3 Å². The molecule has 0 aliphatic carbocycles. The number of pyridine rings is 1. The summed E-state index contributed by atoms with van der Waals surface area (Å²) in [7, 11) is 0. The number of benzene rings is 2. The van der Waals surface area contributed by atoms with E-state index in [1.807, 2.05) is 0 Å². The number of hydrogen-bond acceptors (Lipinski definition) is 2. The molecule has 0 saturated carbocycles. The Morgan fingerprint density at radius 1 is 1.00 bits per heavy atom. The minimum absolute atomic E-state index is 0.0152. The molecule has 8 heteroatoms. The molecule has 0 amide bonds. The number of aromatic nitrogens is 2. The van der Waals surface area contributed by atoms with E-state index in [0.29, 0.717) is 10.7 Å². The molecule has 2 aromatic heterocycles. The number of halogens is 5. The summed E-state index contributed by atoms with van der Waals surface area (Å²) >= 11 is 6.29. The number of aryl methyl sites for hydroxylation is 2. The van der Waals surface area contributed by atoms with E-state index in [0.717, 1.165) is 21.6 Å². The molecule has 0 aliphatic rings. The summed E-state index contributed by atoms with van der Waals surface area (Å²) in [5, 5.41) is 3.32. The smallest absolute Gasteiger partial charge is 0.338 e. The van der Waals surface area contributed by atoms with Crippen molar-refractivity contribution < 1.29 is 17.6 Å². The Morgan fingerprint density at radius 3 is 2.43 bits per heavy atom. The van der Waals surface area contributed by atoms with Gasteiger partial charge in [0, 0.05) is 5.56 Å². The minimum atomic E-state index is -4.64. The molecule has 1 N–H and O–H groups in total. The molecule has 0 unspecified atom stereocenters. The van der Waals surface area contributed by atoms with Crippen LogP contribution in [0.4, 0.5) is 29.1 Å². The predicted molar refractivity (Wildman–Crippen MR) is 110 cm³/mol. The molecule has 0 bridgehead atoms. The minimum Gasteiger partial charge on any atom is -0.338 e. The quantitative estimate of drug-likeness (QED) is 0.347. The van der Waals surface area contributed by atoms with Crippen molar-refractivity contribution in [2.45, 2.75) is 20.0 Å². The lowest BCUT2D eigenvalue weighted by atomic mass is 10.1. The van der Waals surface area contributed by atoms with Gasteiger partial charge in [-0.05, 0) is 49.7 Å². The fraction of sp³-hybridized carbons (Fsp3) is 0.136. The Labute approximate surface area is 174 Å². The highest BCUT2D eigenvalue weighted by Gasteiger charge is 2.35. The Bertz CT molecular complexity index is 1240. The summed E-state index contributed by atoms with van der Waals surface area (Å²) in [6, 6.07) is 13.2. The van der Waals surface area contributed by atoms with Gasteiger partial charge >= 0.3 is 6.18 Å². The molecular formula is C22H16ClF4N3. The van der Waals surface area contributed by atoms with Gasteiger partial charge in [-0.1, -0.05) is 41.4 Å². The van der Waals surface area contributed by atoms with Crippen LogP contribution in [0.15, 0.2) is 54.6 Å². The summed E-state index contributed by atoms with van der Waals surface area (Å²) in [6.45, 7) is 3.54. The molecule has 4 rings (SSSR count). The number of para-hydroxylation sites is 1. The van der Waals surface area contributed by atoms with Crippen LogP contribution in [-0.4, -0.2) is 9.38 Å². The fourth-order valence-electron chi connectivity index (χ4n) is 3.35. The first-order chi connectivity index (χ1) is 14.2. The van der Waals surface area contributed by atoms with Crippen molar-refractivity contribution in [1.29, 1.82) is 0 Å². The maximum absolute atomic E-state index is 14.7. The number of hydrogen-bond donors (Lipinski definition) is 1. The Kier molecular flexibility index (Phi) is 4.94. The van der Waals surface area contributed by atoms with E-state index in [4.69, 9.17) is 11.6 Å². The molecule has 0 fully saturated rings. The molecule has 30 heavy (non-hydrogen) atoms. The van der Waals surface area contributed by atoms with Crippen LogP contribution in [0.1, 0.15) is 16.8 Å². The van der Waals surface area contributed by atoms with Crippen molar-refractivity contribution >= 4 is 28.8 Å². The zero-order valence-corrected chi connectivity index (χ0v) is 16.7. The van der Waals surface area contributed by atoms with Crippen molar-refractivity contribution in [3.05, 3.63) is 82.3 Å². The average Bonchev–Trinajstić information content (AvgIpc) is 3.04. The Morgan fingerprint density at radius 2 is 1.73 bits per heavy atom. The van der Waals surface area contributed by atoms with Gasteiger partial charge in [-0.2, -0.15) is 13.2 Å². The molecule has 2 heterocycles. The first kappa shape index (κ1) is 20.2. The lowest BCUT2D eigenvalue weighted by molar-refractivity contribution is -0.141. The third kappa shape index (κ3) is 3.50. The topological polar surface area (TPSA) is 29.3 Å². The normalized spacial score (nSPS) is 11.8. The lowest BCUT2D eigenvalue weighted by Gasteiger charge is -2.16. The number of anilines is 2. The Balaban J connectivity index is 2.07. The van der Waals surface area contributed by atoms with Crippen LogP contribution >= 0.6 is 11.6 Å². The third-order valence-electron chi connectivity index (χ3n) is 4.78. The second-order valence-corrected chi connectivity index (χ2v) is 7.36. The van der Waals surface area contributed by atoms with Gasteiger partial charge in [-0.25, -0.2) is 9.37 Å². The zero-order chi connectivity index (χ0) is 21.6. The number of nitrogens with zero attached hydrogens (tertiary/aromatic N) is 2. The van der Waals surface area contributed by atoms with E-state index in [-0.39, 0.29) is 22.7 Å². The second-order valence-electron chi connectivity index (χ2n) is 6.95. The van der Waals surface area contributed by atoms with Crippen LogP contribution in [0, 0.1) is 19.7 Å². The SMILES string of the molecule is Cc1ccc(F)c(-c2nc3cccc(C(F)(F)F)n3c2Nc2c(C)cccc2Cl)c1. The van der Waals surface area contributed by atoms with Gasteiger partial charge < -0.3 is 5.32 Å². The molecule has 0 spiro atoms. The molecule has 154 valence electrons. The summed E-state index contributed by atoms with van der Waals surface area (Å²) < 4.78 is 56.9. The van der Waals surface area contributed by atoms with Crippen LogP contribution in [0.5, 0.6) is 0 Å². The second kappa shape index (κ2) is 7.32. The summed E-state index contributed by atoms with van der Waals surface area (Å²) in [5.41, 5.74) is 1.16. The van der Waals surface area contributed by atoms with Crippen LogP contribution < -0.4 is 5.32 Å². The largest absolute Gasteiger partial charge is 0.431 e. The highest BCUT2D eigenvalue weighted by molar-refractivity contribution is 6.33. The molecule has 0 saturated heterocycles. The van der Waals surface area contributed by atoms with Gasteiger partial charge in [0.05, 0.1) is 10.7 Å². The highest BCUT2D eigenvalue weighted by atomic mass is 35.5. The van der Waals surface area contributed by atoms with Crippen molar-refractivity contribution in [2.75, 3.05) is 5.32 Å². The van der Waals surface area contributed by atoms with Gasteiger partial charge in [0.25, 0.3) is 0 Å². The third-order valence-corrected chi connectivity index (χ3v) is 5.09. The maximum Gasteiger partial charge on any atom is 0.431 e. The summed E-state index contributed by atoms with van der Waals surface area (Å²) in [4.78, 5) is 4.33.